The highest BCUT2D eigenvalue weighted by Crippen LogP contribution is 2.16. The fourth-order valence-electron chi connectivity index (χ4n) is 2.03. The molecular weight excluding hydrogens is 210 g/mol. The maximum Gasteiger partial charge on any atom is 0.0367 e. The highest BCUT2D eigenvalue weighted by molar-refractivity contribution is 5.56. The van der Waals surface area contributed by atoms with Gasteiger partial charge >= 0.3 is 0 Å². The molecule has 0 aliphatic carbocycles. The van der Waals surface area contributed by atoms with Gasteiger partial charge in [-0.2, -0.15) is 0 Å². The van der Waals surface area contributed by atoms with Crippen molar-refractivity contribution in [3.8, 4) is 0 Å². The second-order valence-corrected chi connectivity index (χ2v) is 4.31. The average molecular weight is 231 g/mol. The predicted molar refractivity (Wildman–Crippen MR) is 74.2 cm³/mol. The molecule has 1 saturated heterocycles. The summed E-state index contributed by atoms with van der Waals surface area (Å²) >= 11 is 0. The van der Waals surface area contributed by atoms with Crippen LogP contribution >= 0.6 is 0 Å². The maximum atomic E-state index is 5.45. The zero-order valence-corrected chi connectivity index (χ0v) is 10.2. The second-order valence-electron chi connectivity index (χ2n) is 4.31. The van der Waals surface area contributed by atoms with Crippen molar-refractivity contribution < 1.29 is 0 Å². The third-order valence-corrected chi connectivity index (χ3v) is 3.02. The largest absolute Gasteiger partial charge is 0.369 e. The van der Waals surface area contributed by atoms with Gasteiger partial charge in [0, 0.05) is 31.9 Å². The normalized spacial score (nSPS) is 16.6. The average Bonchev–Trinajstić information content (AvgIpc) is 2.41. The quantitative estimate of drug-likeness (QED) is 0.824. The van der Waals surface area contributed by atoms with Gasteiger partial charge in [-0.05, 0) is 30.7 Å². The Morgan fingerprint density at radius 1 is 1.18 bits per heavy atom. The number of piperazine rings is 1. The third-order valence-electron chi connectivity index (χ3n) is 3.02. The number of hydrogen-bond donors (Lipinski definition) is 2. The smallest absolute Gasteiger partial charge is 0.0367 e. The molecule has 1 aliphatic rings. The topological polar surface area (TPSA) is 41.3 Å². The Kier molecular flexibility index (Phi) is 4.59. The van der Waals surface area contributed by atoms with Gasteiger partial charge in [-0.3, -0.25) is 0 Å². The van der Waals surface area contributed by atoms with E-state index in [4.69, 9.17) is 5.73 Å². The minimum atomic E-state index is 0.718. The van der Waals surface area contributed by atoms with Crippen LogP contribution in [0.4, 0.5) is 5.69 Å². The summed E-state index contributed by atoms with van der Waals surface area (Å²) in [5.41, 5.74) is 8.02. The summed E-state index contributed by atoms with van der Waals surface area (Å²) in [7, 11) is 0. The standard InChI is InChI=1S/C14H21N3/c15-8-2-1-3-13-4-6-14(7-5-13)17-11-9-16-10-12-17/h1,3-7,16H,2,8-12,15H2. The van der Waals surface area contributed by atoms with Crippen LogP contribution in [0.15, 0.2) is 30.3 Å². The second kappa shape index (κ2) is 6.42. The summed E-state index contributed by atoms with van der Waals surface area (Å²) in [4.78, 5) is 2.42. The van der Waals surface area contributed by atoms with Crippen LogP contribution in [-0.2, 0) is 0 Å². The monoisotopic (exact) mass is 231 g/mol. The van der Waals surface area contributed by atoms with Crippen molar-refractivity contribution in [2.24, 2.45) is 5.73 Å². The van der Waals surface area contributed by atoms with E-state index in [9.17, 15) is 0 Å². The molecule has 0 amide bonds. The molecule has 0 bridgehead atoms. The van der Waals surface area contributed by atoms with Crippen molar-refractivity contribution in [2.75, 3.05) is 37.6 Å². The van der Waals surface area contributed by atoms with E-state index in [1.807, 2.05) is 0 Å². The van der Waals surface area contributed by atoms with Gasteiger partial charge in [0.15, 0.2) is 0 Å². The van der Waals surface area contributed by atoms with E-state index in [2.05, 4.69) is 46.6 Å². The lowest BCUT2D eigenvalue weighted by Gasteiger charge is -2.29. The molecule has 0 saturated carbocycles. The van der Waals surface area contributed by atoms with E-state index < -0.39 is 0 Å². The number of rotatable bonds is 4. The molecule has 0 atom stereocenters. The molecule has 1 heterocycles. The van der Waals surface area contributed by atoms with Crippen LogP contribution in [0.1, 0.15) is 12.0 Å². The molecule has 0 unspecified atom stereocenters. The first-order chi connectivity index (χ1) is 8.40. The van der Waals surface area contributed by atoms with Gasteiger partial charge in [0.25, 0.3) is 0 Å². The van der Waals surface area contributed by atoms with Crippen molar-refractivity contribution in [3.05, 3.63) is 35.9 Å². The number of hydrogen-bond acceptors (Lipinski definition) is 3. The highest BCUT2D eigenvalue weighted by Gasteiger charge is 2.09. The summed E-state index contributed by atoms with van der Waals surface area (Å²) in [6.07, 6.45) is 5.20. The van der Waals surface area contributed by atoms with Gasteiger partial charge in [0.05, 0.1) is 0 Å². The fourth-order valence-corrected chi connectivity index (χ4v) is 2.03. The third kappa shape index (κ3) is 3.58. The van der Waals surface area contributed by atoms with Crippen molar-refractivity contribution in [1.82, 2.24) is 5.32 Å². The molecule has 17 heavy (non-hydrogen) atoms. The van der Waals surface area contributed by atoms with Gasteiger partial charge in [-0.15, -0.1) is 0 Å². The zero-order valence-electron chi connectivity index (χ0n) is 10.2. The predicted octanol–water partition coefficient (Wildman–Crippen LogP) is 1.46. The van der Waals surface area contributed by atoms with Crippen LogP contribution in [0.5, 0.6) is 0 Å². The molecule has 3 nitrogen and oxygen atoms in total. The molecule has 1 fully saturated rings. The van der Waals surface area contributed by atoms with Gasteiger partial charge in [0.1, 0.15) is 0 Å². The number of nitrogens with zero attached hydrogens (tertiary/aromatic N) is 1. The number of anilines is 1. The first-order valence-corrected chi connectivity index (χ1v) is 6.32. The lowest BCUT2D eigenvalue weighted by Crippen LogP contribution is -2.43. The summed E-state index contributed by atoms with van der Waals surface area (Å²) in [6, 6.07) is 8.75. The summed E-state index contributed by atoms with van der Waals surface area (Å²) in [5, 5.41) is 3.37. The summed E-state index contributed by atoms with van der Waals surface area (Å²) in [6.45, 7) is 5.08. The van der Waals surface area contributed by atoms with Gasteiger partial charge in [-0.1, -0.05) is 24.3 Å². The highest BCUT2D eigenvalue weighted by atomic mass is 15.2. The zero-order chi connectivity index (χ0) is 11.9. The van der Waals surface area contributed by atoms with Crippen molar-refractivity contribution in [2.45, 2.75) is 6.42 Å². The van der Waals surface area contributed by atoms with E-state index in [0.29, 0.717) is 0 Å². The lowest BCUT2D eigenvalue weighted by atomic mass is 10.1. The molecule has 1 aromatic carbocycles. The van der Waals surface area contributed by atoms with Crippen molar-refractivity contribution >= 4 is 11.8 Å². The Morgan fingerprint density at radius 3 is 2.53 bits per heavy atom. The van der Waals surface area contributed by atoms with E-state index in [-0.39, 0.29) is 0 Å². The molecule has 3 N–H and O–H groups in total. The van der Waals surface area contributed by atoms with Crippen LogP contribution < -0.4 is 16.0 Å². The molecule has 2 rings (SSSR count). The van der Waals surface area contributed by atoms with Crippen LogP contribution in [-0.4, -0.2) is 32.7 Å². The Labute approximate surface area is 103 Å². The van der Waals surface area contributed by atoms with Gasteiger partial charge in [0.2, 0.25) is 0 Å². The van der Waals surface area contributed by atoms with Crippen LogP contribution in [0, 0.1) is 0 Å². The van der Waals surface area contributed by atoms with Crippen molar-refractivity contribution in [1.29, 1.82) is 0 Å². The first-order valence-electron chi connectivity index (χ1n) is 6.32. The van der Waals surface area contributed by atoms with Crippen molar-refractivity contribution in [3.63, 3.8) is 0 Å². The van der Waals surface area contributed by atoms with Crippen LogP contribution in [0.2, 0.25) is 0 Å². The summed E-state index contributed by atoms with van der Waals surface area (Å²) in [5.74, 6) is 0. The molecule has 0 radical (unpaired) electrons. The lowest BCUT2D eigenvalue weighted by molar-refractivity contribution is 0.589. The van der Waals surface area contributed by atoms with E-state index in [1.54, 1.807) is 0 Å². The van der Waals surface area contributed by atoms with E-state index >= 15 is 0 Å². The van der Waals surface area contributed by atoms with E-state index in [0.717, 1.165) is 39.1 Å². The van der Waals surface area contributed by atoms with Gasteiger partial charge < -0.3 is 16.0 Å². The number of nitrogens with one attached hydrogen (secondary N) is 1. The molecule has 3 heteroatoms. The first kappa shape index (κ1) is 12.1. The maximum absolute atomic E-state index is 5.45. The molecular formula is C14H21N3. The fraction of sp³-hybridized carbons (Fsp3) is 0.429. The molecule has 92 valence electrons. The molecule has 1 aliphatic heterocycles. The molecule has 1 aromatic rings. The van der Waals surface area contributed by atoms with Crippen LogP contribution in [0.25, 0.3) is 6.08 Å². The van der Waals surface area contributed by atoms with Crippen LogP contribution in [0.3, 0.4) is 0 Å². The van der Waals surface area contributed by atoms with E-state index in [1.165, 1.54) is 11.3 Å². The Hall–Kier alpha value is -1.32. The Balaban J connectivity index is 1.97. The molecule has 0 aromatic heterocycles. The Morgan fingerprint density at radius 2 is 1.88 bits per heavy atom. The molecule has 0 spiro atoms. The minimum Gasteiger partial charge on any atom is -0.369 e. The summed E-state index contributed by atoms with van der Waals surface area (Å²) < 4.78 is 0. The number of nitrogens with two attached hydrogens (primary N) is 1. The SMILES string of the molecule is NCCC=Cc1ccc(N2CCNCC2)cc1. The minimum absolute atomic E-state index is 0.718. The van der Waals surface area contributed by atoms with Gasteiger partial charge in [-0.25, -0.2) is 0 Å². The number of benzene rings is 1. The Bertz CT molecular complexity index is 350.